The van der Waals surface area contributed by atoms with Crippen molar-refractivity contribution in [3.63, 3.8) is 0 Å². The van der Waals surface area contributed by atoms with Crippen LogP contribution in [0.2, 0.25) is 0 Å². The number of nitro groups is 1. The summed E-state index contributed by atoms with van der Waals surface area (Å²) in [5, 5.41) is 12.9. The second kappa shape index (κ2) is 6.46. The average Bonchev–Trinajstić information content (AvgIpc) is 3.33. The topological polar surface area (TPSA) is 75.1 Å². The van der Waals surface area contributed by atoms with Crippen LogP contribution in [-0.2, 0) is 6.54 Å². The van der Waals surface area contributed by atoms with Crippen molar-refractivity contribution in [2.24, 2.45) is 0 Å². The number of aromatic amines is 1. The third kappa shape index (κ3) is 3.00. The normalized spacial score (nSPS) is 23.1. The molecule has 5 rings (SSSR count). The summed E-state index contributed by atoms with van der Waals surface area (Å²) in [7, 11) is 0. The quantitative estimate of drug-likeness (QED) is 0.555. The van der Waals surface area contributed by atoms with E-state index in [0.29, 0.717) is 19.0 Å². The smallest absolute Gasteiger partial charge is 0.233 e. The minimum absolute atomic E-state index is 0.0818. The van der Waals surface area contributed by atoms with Crippen molar-refractivity contribution in [1.29, 1.82) is 0 Å². The van der Waals surface area contributed by atoms with Gasteiger partial charge in [0, 0.05) is 35.3 Å². The van der Waals surface area contributed by atoms with Crippen LogP contribution in [0.15, 0.2) is 48.7 Å². The Kier molecular flexibility index (Phi) is 3.93. The van der Waals surface area contributed by atoms with E-state index in [0.717, 1.165) is 36.0 Å². The van der Waals surface area contributed by atoms with Crippen LogP contribution in [0.25, 0.3) is 11.0 Å². The number of hydrogen-bond acceptors (Lipinski definition) is 4. The first-order valence-electron chi connectivity index (χ1n) is 9.57. The van der Waals surface area contributed by atoms with Gasteiger partial charge in [-0.1, -0.05) is 30.3 Å². The first-order valence-corrected chi connectivity index (χ1v) is 9.57. The average molecular weight is 362 g/mol. The predicted octanol–water partition coefficient (Wildman–Crippen LogP) is 3.69. The highest BCUT2D eigenvalue weighted by Crippen LogP contribution is 2.47. The number of rotatable bonds is 5. The number of pyridine rings is 1. The molecule has 2 atom stereocenters. The molecule has 6 heteroatoms. The molecule has 2 aliphatic rings. The van der Waals surface area contributed by atoms with Crippen molar-refractivity contribution >= 4 is 11.0 Å². The summed E-state index contributed by atoms with van der Waals surface area (Å²) < 4.78 is 0. The molecule has 0 bridgehead atoms. The van der Waals surface area contributed by atoms with Gasteiger partial charge in [0.1, 0.15) is 5.65 Å². The molecule has 2 aromatic heterocycles. The maximum Gasteiger partial charge on any atom is 0.233 e. The number of H-pyrrole nitrogens is 1. The number of aromatic nitrogens is 2. The molecule has 27 heavy (non-hydrogen) atoms. The number of nitrogens with one attached hydrogen (secondary N) is 1. The Balaban J connectivity index is 1.52. The molecule has 0 radical (unpaired) electrons. The summed E-state index contributed by atoms with van der Waals surface area (Å²) in [6.45, 7) is 1.95. The summed E-state index contributed by atoms with van der Waals surface area (Å²) in [4.78, 5) is 22.0. The van der Waals surface area contributed by atoms with Crippen molar-refractivity contribution in [3.8, 4) is 0 Å². The van der Waals surface area contributed by atoms with E-state index in [4.69, 9.17) is 0 Å². The molecule has 1 aliphatic heterocycles. The fraction of sp³-hybridized carbons (Fsp3) is 0.381. The summed E-state index contributed by atoms with van der Waals surface area (Å²) in [5.41, 5.74) is 4.38. The molecule has 1 saturated heterocycles. The molecule has 6 nitrogen and oxygen atoms in total. The van der Waals surface area contributed by atoms with Crippen LogP contribution in [0.3, 0.4) is 0 Å². The third-order valence-electron chi connectivity index (χ3n) is 5.88. The fourth-order valence-corrected chi connectivity index (χ4v) is 4.49. The molecule has 3 heterocycles. The molecule has 138 valence electrons. The van der Waals surface area contributed by atoms with E-state index in [9.17, 15) is 10.1 Å². The van der Waals surface area contributed by atoms with Crippen LogP contribution in [-0.4, -0.2) is 38.9 Å². The first-order chi connectivity index (χ1) is 13.2. The van der Waals surface area contributed by atoms with Crippen molar-refractivity contribution in [2.45, 2.75) is 37.3 Å². The van der Waals surface area contributed by atoms with E-state index in [2.05, 4.69) is 33.1 Å². The van der Waals surface area contributed by atoms with Crippen LogP contribution < -0.4 is 0 Å². The van der Waals surface area contributed by atoms with Crippen molar-refractivity contribution in [3.05, 3.63) is 75.6 Å². The Bertz CT molecular complexity index is 980. The lowest BCUT2D eigenvalue weighted by atomic mass is 9.91. The standard InChI is InChI=1S/C21H22N4O2/c26-25(27)18-13-24(11-14-5-2-1-3-6-14)12-17(18)19-16-7-4-10-22-21(16)23-20(19)15-8-9-15/h1-7,10,15,17-18H,8-9,11-13H2,(H,22,23)/t17-,18-/m0/s1. The van der Waals surface area contributed by atoms with Gasteiger partial charge in [-0.15, -0.1) is 0 Å². The zero-order valence-corrected chi connectivity index (χ0v) is 15.0. The third-order valence-corrected chi connectivity index (χ3v) is 5.88. The SMILES string of the molecule is O=[N+]([O-])[C@H]1CN(Cc2ccccc2)C[C@@H]1c1c(C2CC2)[nH]c2ncccc12. The van der Waals surface area contributed by atoms with E-state index in [-0.39, 0.29) is 10.8 Å². The minimum atomic E-state index is -0.578. The number of nitrogens with zero attached hydrogens (tertiary/aromatic N) is 3. The van der Waals surface area contributed by atoms with Crippen LogP contribution in [0, 0.1) is 10.1 Å². The van der Waals surface area contributed by atoms with Crippen molar-refractivity contribution < 1.29 is 4.92 Å². The molecule has 0 unspecified atom stereocenters. The van der Waals surface area contributed by atoms with E-state index < -0.39 is 6.04 Å². The zero-order chi connectivity index (χ0) is 18.4. The second-order valence-electron chi connectivity index (χ2n) is 7.77. The Labute approximate surface area is 157 Å². The lowest BCUT2D eigenvalue weighted by Gasteiger charge is -2.16. The molecule has 0 spiro atoms. The van der Waals surface area contributed by atoms with Gasteiger partial charge in [-0.25, -0.2) is 4.98 Å². The first kappa shape index (κ1) is 16.4. The Morgan fingerprint density at radius 1 is 1.15 bits per heavy atom. The maximum absolute atomic E-state index is 11.9. The Morgan fingerprint density at radius 3 is 2.70 bits per heavy atom. The molecule has 1 N–H and O–H groups in total. The molecule has 1 aromatic carbocycles. The summed E-state index contributed by atoms with van der Waals surface area (Å²) in [6.07, 6.45) is 4.09. The number of hydrogen-bond donors (Lipinski definition) is 1. The van der Waals surface area contributed by atoms with E-state index >= 15 is 0 Å². The largest absolute Gasteiger partial charge is 0.343 e. The van der Waals surface area contributed by atoms with Gasteiger partial charge in [0.2, 0.25) is 6.04 Å². The monoisotopic (exact) mass is 362 g/mol. The summed E-state index contributed by atoms with van der Waals surface area (Å²) in [5.74, 6) is 0.405. The highest BCUT2D eigenvalue weighted by atomic mass is 16.6. The fourth-order valence-electron chi connectivity index (χ4n) is 4.49. The highest BCUT2D eigenvalue weighted by Gasteiger charge is 2.45. The van der Waals surface area contributed by atoms with Gasteiger partial charge in [0.25, 0.3) is 0 Å². The van der Waals surface area contributed by atoms with Crippen molar-refractivity contribution in [2.75, 3.05) is 13.1 Å². The molecule has 2 fully saturated rings. The Hall–Kier alpha value is -2.73. The van der Waals surface area contributed by atoms with Crippen LogP contribution in [0.5, 0.6) is 0 Å². The molecule has 3 aromatic rings. The highest BCUT2D eigenvalue weighted by molar-refractivity contribution is 5.82. The van der Waals surface area contributed by atoms with Gasteiger partial charge in [0.15, 0.2) is 0 Å². The van der Waals surface area contributed by atoms with E-state index in [1.54, 1.807) is 6.20 Å². The summed E-state index contributed by atoms with van der Waals surface area (Å²) in [6, 6.07) is 13.6. The number of likely N-dealkylation sites (tertiary alicyclic amines) is 1. The number of benzene rings is 1. The summed E-state index contributed by atoms with van der Waals surface area (Å²) >= 11 is 0. The minimum Gasteiger partial charge on any atom is -0.343 e. The molecule has 0 amide bonds. The van der Waals surface area contributed by atoms with Gasteiger partial charge in [0.05, 0.1) is 12.5 Å². The molecular weight excluding hydrogens is 340 g/mol. The van der Waals surface area contributed by atoms with Gasteiger partial charge >= 0.3 is 0 Å². The molecule has 1 saturated carbocycles. The maximum atomic E-state index is 11.9. The van der Waals surface area contributed by atoms with Crippen LogP contribution in [0.4, 0.5) is 0 Å². The van der Waals surface area contributed by atoms with Gasteiger partial charge < -0.3 is 4.98 Å². The van der Waals surface area contributed by atoms with Crippen molar-refractivity contribution in [1.82, 2.24) is 14.9 Å². The van der Waals surface area contributed by atoms with Gasteiger partial charge in [-0.05, 0) is 42.0 Å². The van der Waals surface area contributed by atoms with Gasteiger partial charge in [-0.3, -0.25) is 15.0 Å². The molecular formula is C21H22N4O2. The van der Waals surface area contributed by atoms with E-state index in [1.165, 1.54) is 11.3 Å². The van der Waals surface area contributed by atoms with E-state index in [1.807, 2.05) is 24.3 Å². The second-order valence-corrected chi connectivity index (χ2v) is 7.77. The van der Waals surface area contributed by atoms with Crippen LogP contribution in [0.1, 0.15) is 41.5 Å². The number of fused-ring (bicyclic) bond motifs is 1. The lowest BCUT2D eigenvalue weighted by Crippen LogP contribution is -2.28. The van der Waals surface area contributed by atoms with Gasteiger partial charge in [-0.2, -0.15) is 0 Å². The zero-order valence-electron chi connectivity index (χ0n) is 15.0. The predicted molar refractivity (Wildman–Crippen MR) is 103 cm³/mol. The molecule has 1 aliphatic carbocycles. The van der Waals surface area contributed by atoms with Crippen LogP contribution >= 0.6 is 0 Å². The Morgan fingerprint density at radius 2 is 1.96 bits per heavy atom. The lowest BCUT2D eigenvalue weighted by molar-refractivity contribution is -0.521.